The first-order chi connectivity index (χ1) is 9.97. The fraction of sp³-hybridized carbons (Fsp3) is 0.842. The minimum absolute atomic E-state index is 0.0360. The van der Waals surface area contributed by atoms with Gasteiger partial charge in [0.2, 0.25) is 0 Å². The number of halogens is 1. The molecule has 0 bridgehead atoms. The van der Waals surface area contributed by atoms with E-state index in [0.29, 0.717) is 17.1 Å². The van der Waals surface area contributed by atoms with E-state index >= 15 is 0 Å². The topological polar surface area (TPSA) is 17.1 Å². The van der Waals surface area contributed by atoms with Crippen LogP contribution in [0.4, 0.5) is 0 Å². The van der Waals surface area contributed by atoms with E-state index in [1.807, 2.05) is 0 Å². The van der Waals surface area contributed by atoms with Crippen LogP contribution in [0.2, 0.25) is 0 Å². The minimum atomic E-state index is -0.0360. The quantitative estimate of drug-likeness (QED) is 0.429. The molecule has 3 saturated carbocycles. The van der Waals surface area contributed by atoms with E-state index in [2.05, 4.69) is 35.9 Å². The Morgan fingerprint density at radius 3 is 2.76 bits per heavy atom. The fourth-order valence-electron chi connectivity index (χ4n) is 6.45. The third kappa shape index (κ3) is 1.84. The van der Waals surface area contributed by atoms with E-state index in [1.54, 1.807) is 5.57 Å². The second-order valence-corrected chi connectivity index (χ2v) is 9.60. The van der Waals surface area contributed by atoms with Crippen molar-refractivity contribution in [1.82, 2.24) is 0 Å². The van der Waals surface area contributed by atoms with Crippen molar-refractivity contribution in [3.05, 3.63) is 11.6 Å². The average Bonchev–Trinajstić information content (AvgIpc) is 2.70. The molecule has 6 atom stereocenters. The molecule has 21 heavy (non-hydrogen) atoms. The van der Waals surface area contributed by atoms with Crippen LogP contribution in [0.15, 0.2) is 11.6 Å². The molecular weight excluding hydrogens is 324 g/mol. The van der Waals surface area contributed by atoms with Crippen LogP contribution in [0.3, 0.4) is 0 Å². The summed E-state index contributed by atoms with van der Waals surface area (Å²) in [7, 11) is 0. The van der Waals surface area contributed by atoms with Crippen LogP contribution in [0.5, 0.6) is 0 Å². The van der Waals surface area contributed by atoms with E-state index in [4.69, 9.17) is 0 Å². The third-order valence-electron chi connectivity index (χ3n) is 7.72. The van der Waals surface area contributed by atoms with Gasteiger partial charge in [-0.25, -0.2) is 0 Å². The van der Waals surface area contributed by atoms with Crippen molar-refractivity contribution in [2.45, 2.75) is 70.0 Å². The summed E-state index contributed by atoms with van der Waals surface area (Å²) in [6.45, 7) is 4.81. The Labute approximate surface area is 137 Å². The van der Waals surface area contributed by atoms with Crippen LogP contribution < -0.4 is 0 Å². The van der Waals surface area contributed by atoms with Gasteiger partial charge in [0.05, 0.1) is 4.83 Å². The summed E-state index contributed by atoms with van der Waals surface area (Å²) in [6.07, 6.45) is 12.8. The second-order valence-electron chi connectivity index (χ2n) is 8.49. The number of carbonyl (C=O) groups excluding carboxylic acids is 1. The Bertz CT molecular complexity index is 510. The maximum absolute atomic E-state index is 12.6. The first kappa shape index (κ1) is 14.5. The molecule has 0 heterocycles. The number of fused-ring (bicyclic) bond motifs is 5. The summed E-state index contributed by atoms with van der Waals surface area (Å²) < 4.78 is 0. The van der Waals surface area contributed by atoms with Gasteiger partial charge < -0.3 is 0 Å². The van der Waals surface area contributed by atoms with Crippen LogP contribution in [-0.2, 0) is 4.79 Å². The van der Waals surface area contributed by atoms with Crippen LogP contribution in [0.25, 0.3) is 0 Å². The lowest BCUT2D eigenvalue weighted by molar-refractivity contribution is -0.131. The highest BCUT2D eigenvalue weighted by atomic mass is 79.9. The van der Waals surface area contributed by atoms with Crippen LogP contribution in [0.1, 0.15) is 65.2 Å². The van der Waals surface area contributed by atoms with E-state index in [1.165, 1.54) is 38.5 Å². The van der Waals surface area contributed by atoms with Gasteiger partial charge in [0.25, 0.3) is 0 Å². The Kier molecular flexibility index (Phi) is 3.24. The van der Waals surface area contributed by atoms with E-state index in [9.17, 15) is 4.79 Å². The molecule has 0 radical (unpaired) electrons. The van der Waals surface area contributed by atoms with Crippen LogP contribution in [0, 0.1) is 28.6 Å². The van der Waals surface area contributed by atoms with Crippen molar-refractivity contribution >= 4 is 21.7 Å². The van der Waals surface area contributed by atoms with Gasteiger partial charge in [-0.1, -0.05) is 47.8 Å². The molecule has 0 aromatic heterocycles. The highest BCUT2D eigenvalue weighted by Gasteiger charge is 2.60. The summed E-state index contributed by atoms with van der Waals surface area (Å²) in [6, 6.07) is 0. The Morgan fingerprint density at radius 2 is 1.95 bits per heavy atom. The largest absolute Gasteiger partial charge is 0.298 e. The number of allylic oxidation sites excluding steroid dienone is 2. The first-order valence-corrected chi connectivity index (χ1v) is 9.76. The fourth-order valence-corrected chi connectivity index (χ4v) is 7.37. The Balaban J connectivity index is 1.71. The molecule has 4 aliphatic rings. The molecule has 0 aromatic rings. The second kappa shape index (κ2) is 4.69. The molecule has 4 rings (SSSR count). The van der Waals surface area contributed by atoms with Gasteiger partial charge in [0.1, 0.15) is 0 Å². The molecule has 0 N–H and O–H groups in total. The number of Topliss-reactive ketones (excluding diaryl/α,β-unsaturated/α-hetero) is 1. The summed E-state index contributed by atoms with van der Waals surface area (Å²) >= 11 is 3.66. The Hall–Kier alpha value is -0.110. The lowest BCUT2D eigenvalue weighted by Crippen LogP contribution is -2.49. The molecular formula is C19H27BrO. The molecule has 0 aliphatic heterocycles. The molecule has 1 nitrogen and oxygen atoms in total. The van der Waals surface area contributed by atoms with Crippen molar-refractivity contribution in [3.63, 3.8) is 0 Å². The summed E-state index contributed by atoms with van der Waals surface area (Å²) in [5, 5.41) is 0. The van der Waals surface area contributed by atoms with Gasteiger partial charge >= 0.3 is 0 Å². The van der Waals surface area contributed by atoms with Crippen LogP contribution in [-0.4, -0.2) is 10.6 Å². The molecule has 4 aliphatic carbocycles. The predicted octanol–water partition coefficient (Wildman–Crippen LogP) is 5.28. The number of hydrogen-bond donors (Lipinski definition) is 0. The molecule has 0 saturated heterocycles. The number of hydrogen-bond acceptors (Lipinski definition) is 1. The van der Waals surface area contributed by atoms with Gasteiger partial charge in [-0.15, -0.1) is 0 Å². The number of rotatable bonds is 0. The highest BCUT2D eigenvalue weighted by Crippen LogP contribution is 2.64. The van der Waals surface area contributed by atoms with E-state index in [-0.39, 0.29) is 10.2 Å². The number of ketones is 1. The standard InChI is InChI=1S/C19H27BrO/c1-18-9-4-3-5-12(18)6-7-13-14(18)8-10-19(2)15(13)11-16(20)17(19)21/h6,13-16H,3-5,7-11H2,1-2H3/t13-,14+,15+,16-,18+,19+/m1/s1. The molecule has 3 fully saturated rings. The molecule has 0 amide bonds. The first-order valence-electron chi connectivity index (χ1n) is 8.85. The molecule has 2 heteroatoms. The Morgan fingerprint density at radius 1 is 1.14 bits per heavy atom. The maximum Gasteiger partial charge on any atom is 0.152 e. The lowest BCUT2D eigenvalue weighted by atomic mass is 9.48. The predicted molar refractivity (Wildman–Crippen MR) is 89.4 cm³/mol. The average molecular weight is 351 g/mol. The smallest absolute Gasteiger partial charge is 0.152 e. The normalized spacial score (nSPS) is 52.7. The molecule has 0 aromatic carbocycles. The minimum Gasteiger partial charge on any atom is -0.298 e. The highest BCUT2D eigenvalue weighted by molar-refractivity contribution is 9.10. The molecule has 0 unspecified atom stereocenters. The third-order valence-corrected chi connectivity index (χ3v) is 8.51. The monoisotopic (exact) mass is 350 g/mol. The van der Waals surface area contributed by atoms with Gasteiger partial charge in [0.15, 0.2) is 5.78 Å². The van der Waals surface area contributed by atoms with Gasteiger partial charge in [-0.05, 0) is 68.1 Å². The zero-order valence-corrected chi connectivity index (χ0v) is 14.9. The zero-order valence-electron chi connectivity index (χ0n) is 13.3. The van der Waals surface area contributed by atoms with Crippen molar-refractivity contribution in [2.75, 3.05) is 0 Å². The van der Waals surface area contributed by atoms with Crippen LogP contribution >= 0.6 is 15.9 Å². The van der Waals surface area contributed by atoms with Gasteiger partial charge in [-0.3, -0.25) is 4.79 Å². The lowest BCUT2D eigenvalue weighted by Gasteiger charge is -2.56. The van der Waals surface area contributed by atoms with Gasteiger partial charge in [-0.2, -0.15) is 0 Å². The summed E-state index contributed by atoms with van der Waals surface area (Å²) in [5.74, 6) is 2.70. The van der Waals surface area contributed by atoms with Crippen molar-refractivity contribution in [1.29, 1.82) is 0 Å². The van der Waals surface area contributed by atoms with Gasteiger partial charge in [0, 0.05) is 5.41 Å². The summed E-state index contributed by atoms with van der Waals surface area (Å²) in [4.78, 5) is 12.8. The summed E-state index contributed by atoms with van der Waals surface area (Å²) in [5.41, 5.74) is 2.18. The van der Waals surface area contributed by atoms with E-state index < -0.39 is 0 Å². The maximum atomic E-state index is 12.6. The zero-order chi connectivity index (χ0) is 14.8. The van der Waals surface area contributed by atoms with E-state index in [0.717, 1.165) is 24.7 Å². The number of carbonyl (C=O) groups is 1. The van der Waals surface area contributed by atoms with Crippen molar-refractivity contribution in [2.24, 2.45) is 28.6 Å². The van der Waals surface area contributed by atoms with Crippen molar-refractivity contribution < 1.29 is 4.79 Å². The van der Waals surface area contributed by atoms with Crippen molar-refractivity contribution in [3.8, 4) is 0 Å². The number of alkyl halides is 1. The SMILES string of the molecule is C[C@]12CCCCC1=CC[C@@H]1[C@@H]2CC[C@]2(C)C(=O)[C@H](Br)C[C@@H]12. The molecule has 0 spiro atoms. The molecule has 116 valence electrons.